The fourth-order valence-corrected chi connectivity index (χ4v) is 4.03. The van der Waals surface area contributed by atoms with Gasteiger partial charge in [-0.05, 0) is 16.4 Å². The first-order valence-electron chi connectivity index (χ1n) is 11.2. The summed E-state index contributed by atoms with van der Waals surface area (Å²) in [4.78, 5) is 0. The van der Waals surface area contributed by atoms with Crippen LogP contribution in [0.4, 0.5) is 0 Å². The Labute approximate surface area is 236 Å². The predicted molar refractivity (Wildman–Crippen MR) is 135 cm³/mol. The molecule has 174 valence electrons. The van der Waals surface area contributed by atoms with E-state index in [0.29, 0.717) is 0 Å². The molecule has 0 bridgehead atoms. The molecule has 1 aromatic rings. The van der Waals surface area contributed by atoms with E-state index in [9.17, 15) is 0 Å². The maximum atomic E-state index is 2.99. The number of benzene rings is 2. The molecule has 33 heavy (non-hydrogen) atoms. The fraction of sp³-hybridized carbons (Fsp3) is 0.414. The van der Waals surface area contributed by atoms with Gasteiger partial charge < -0.3 is 24.8 Å². The number of hydrogen-bond donors (Lipinski definition) is 0. The summed E-state index contributed by atoms with van der Waals surface area (Å²) in [6.45, 7) is 13.7. The van der Waals surface area contributed by atoms with E-state index in [0.717, 1.165) is 6.42 Å². The van der Waals surface area contributed by atoms with Crippen LogP contribution < -0.4 is 24.8 Å². The Balaban J connectivity index is 0.000000715. The minimum atomic E-state index is 0. The Morgan fingerprint density at radius 2 is 1.58 bits per heavy atom. The van der Waals surface area contributed by atoms with Crippen LogP contribution in [-0.2, 0) is 37.0 Å². The SMILES string of the molecule is C1C[Si]C1.CC(C)(C)c1ccc2c3ccc[c-](C(C)(C)C)c-3cc2c1.[C-]1=CC=CC1.[Cl-].[Cl-].[Zr+4]. The Bertz CT molecular complexity index is 985. The average molecular weight is 575 g/mol. The molecule has 1 aliphatic heterocycles. The first-order valence-corrected chi connectivity index (χ1v) is 12.6. The first kappa shape index (κ1) is 32.5. The van der Waals surface area contributed by atoms with Gasteiger partial charge in [0.1, 0.15) is 0 Å². The maximum Gasteiger partial charge on any atom is 4.00 e. The zero-order chi connectivity index (χ0) is 21.8. The zero-order valence-corrected chi connectivity index (χ0v) is 25.8. The summed E-state index contributed by atoms with van der Waals surface area (Å²) in [6, 6.07) is 19.1. The number of rotatable bonds is 0. The van der Waals surface area contributed by atoms with E-state index < -0.39 is 0 Å². The third-order valence-corrected chi connectivity index (χ3v) is 7.13. The van der Waals surface area contributed by atoms with Gasteiger partial charge in [0.25, 0.3) is 0 Å². The summed E-state index contributed by atoms with van der Waals surface area (Å²) in [5, 5.41) is 2.75. The van der Waals surface area contributed by atoms with Crippen molar-refractivity contribution in [3.8, 4) is 11.1 Å². The van der Waals surface area contributed by atoms with E-state index in [1.54, 1.807) is 0 Å². The van der Waals surface area contributed by atoms with Gasteiger partial charge in [0.2, 0.25) is 0 Å². The average Bonchev–Trinajstić information content (AvgIpc) is 3.29. The molecular formula is C29H36Cl2SiZr. The second-order valence-electron chi connectivity index (χ2n) is 10.3. The van der Waals surface area contributed by atoms with Gasteiger partial charge in [-0.25, -0.2) is 12.2 Å². The minimum Gasteiger partial charge on any atom is -1.00 e. The molecule has 4 heteroatoms. The Morgan fingerprint density at radius 3 is 2.00 bits per heavy atom. The summed E-state index contributed by atoms with van der Waals surface area (Å²) < 4.78 is 0. The van der Waals surface area contributed by atoms with Crippen molar-refractivity contribution < 1.29 is 51.0 Å². The molecule has 0 aromatic heterocycles. The number of hydrogen-bond acceptors (Lipinski definition) is 0. The van der Waals surface area contributed by atoms with E-state index in [1.165, 1.54) is 61.1 Å². The Hall–Kier alpha value is -0.530. The second-order valence-corrected chi connectivity index (χ2v) is 11.8. The quantitative estimate of drug-likeness (QED) is 0.286. The van der Waals surface area contributed by atoms with Crippen molar-refractivity contribution in [3.05, 3.63) is 77.9 Å². The molecule has 0 nitrogen and oxygen atoms in total. The molecule has 0 atom stereocenters. The maximum absolute atomic E-state index is 2.99. The standard InChI is InChI=1S/C21H25.C5H5.C3H6Si.2ClH.Zr/c1-20(2,3)15-10-11-16-14(12-15)13-18-17(16)8-7-9-19(18)21(4,5)6;1-2-4-5-3-1;1-2-4-3-1;;;/h7-13H,1-6H3;1-3H,4H2;1-3H2;2*1H;/q2*-1;;;;+4/p-2. The van der Waals surface area contributed by atoms with Crippen LogP contribution in [0.2, 0.25) is 12.1 Å². The van der Waals surface area contributed by atoms with Gasteiger partial charge in [0.05, 0.1) is 0 Å². The van der Waals surface area contributed by atoms with Crippen LogP contribution in [-0.4, -0.2) is 9.52 Å². The van der Waals surface area contributed by atoms with Gasteiger partial charge in [-0.15, -0.1) is 47.4 Å². The third kappa shape index (κ3) is 8.88. The fourth-order valence-electron chi connectivity index (χ4n) is 3.68. The van der Waals surface area contributed by atoms with Crippen LogP contribution >= 0.6 is 0 Å². The van der Waals surface area contributed by atoms with Gasteiger partial charge in [0, 0.05) is 9.52 Å². The van der Waals surface area contributed by atoms with Crippen LogP contribution in [0.5, 0.6) is 0 Å². The van der Waals surface area contributed by atoms with Crippen molar-refractivity contribution in [2.24, 2.45) is 0 Å². The smallest absolute Gasteiger partial charge is 1.00 e. The van der Waals surface area contributed by atoms with Gasteiger partial charge >= 0.3 is 26.2 Å². The van der Waals surface area contributed by atoms with E-state index in [1.807, 2.05) is 12.2 Å². The molecule has 2 radical (unpaired) electrons. The summed E-state index contributed by atoms with van der Waals surface area (Å²) in [6.07, 6.45) is 11.5. The first-order chi connectivity index (χ1) is 14.2. The predicted octanol–water partition coefficient (Wildman–Crippen LogP) is 2.50. The van der Waals surface area contributed by atoms with Crippen LogP contribution in [0.1, 0.15) is 65.5 Å². The van der Waals surface area contributed by atoms with Gasteiger partial charge in [-0.1, -0.05) is 89.0 Å². The zero-order valence-electron chi connectivity index (χ0n) is 20.9. The summed E-state index contributed by atoms with van der Waals surface area (Å²) >= 11 is 0. The van der Waals surface area contributed by atoms with E-state index in [2.05, 4.69) is 96.2 Å². The second kappa shape index (κ2) is 14.1. The van der Waals surface area contributed by atoms with Crippen molar-refractivity contribution in [3.63, 3.8) is 0 Å². The molecule has 1 aromatic carbocycles. The van der Waals surface area contributed by atoms with Crippen LogP contribution in [0.15, 0.2) is 60.7 Å². The largest absolute Gasteiger partial charge is 4.00 e. The molecule has 0 N–H and O–H groups in total. The van der Waals surface area contributed by atoms with E-state index >= 15 is 0 Å². The van der Waals surface area contributed by atoms with Crippen LogP contribution in [0.3, 0.4) is 0 Å². The number of halogens is 2. The van der Waals surface area contributed by atoms with Crippen molar-refractivity contribution in [2.75, 3.05) is 0 Å². The number of fused-ring (bicyclic) bond motifs is 3. The molecule has 1 fully saturated rings. The molecule has 0 spiro atoms. The molecule has 0 saturated carbocycles. The summed E-state index contributed by atoms with van der Waals surface area (Å²) in [7, 11) is 1.32. The molecule has 5 rings (SSSR count). The monoisotopic (exact) mass is 572 g/mol. The molecule has 0 amide bonds. The number of allylic oxidation sites excluding steroid dienone is 4. The summed E-state index contributed by atoms with van der Waals surface area (Å²) in [5.41, 5.74) is 6.02. The van der Waals surface area contributed by atoms with Gasteiger partial charge in [-0.3, -0.25) is 6.08 Å². The molecule has 3 aliphatic carbocycles. The summed E-state index contributed by atoms with van der Waals surface area (Å²) in [5.74, 6) is 0. The van der Waals surface area contributed by atoms with E-state index in [4.69, 9.17) is 0 Å². The minimum absolute atomic E-state index is 0. The Morgan fingerprint density at radius 1 is 0.939 bits per heavy atom. The van der Waals surface area contributed by atoms with E-state index in [-0.39, 0.29) is 61.8 Å². The molecule has 0 unspecified atom stereocenters. The van der Waals surface area contributed by atoms with Crippen LogP contribution in [0.25, 0.3) is 21.9 Å². The molecule has 1 saturated heterocycles. The molecular weight excluding hydrogens is 539 g/mol. The van der Waals surface area contributed by atoms with Crippen molar-refractivity contribution in [1.82, 2.24) is 0 Å². The molecule has 1 heterocycles. The van der Waals surface area contributed by atoms with Crippen molar-refractivity contribution in [2.45, 2.75) is 77.3 Å². The third-order valence-electron chi connectivity index (χ3n) is 5.71. The van der Waals surface area contributed by atoms with Crippen molar-refractivity contribution >= 4 is 20.3 Å². The van der Waals surface area contributed by atoms with Gasteiger partial charge in [0.15, 0.2) is 0 Å². The van der Waals surface area contributed by atoms with Crippen molar-refractivity contribution in [1.29, 1.82) is 0 Å². The normalized spacial score (nSPS) is 14.0. The Kier molecular flexibility index (Phi) is 13.9. The topological polar surface area (TPSA) is 0 Å². The van der Waals surface area contributed by atoms with Crippen LogP contribution in [0, 0.1) is 6.08 Å². The molecule has 4 aliphatic rings. The van der Waals surface area contributed by atoms with Gasteiger partial charge in [-0.2, -0.15) is 6.08 Å².